The fraction of sp³-hybridized carbons (Fsp3) is 0.333. The molecule has 4 heteroatoms. The van der Waals surface area contributed by atoms with Crippen LogP contribution < -0.4 is 0 Å². The zero-order valence-corrected chi connectivity index (χ0v) is 5.23. The van der Waals surface area contributed by atoms with E-state index in [1.807, 2.05) is 0 Å². The van der Waals surface area contributed by atoms with Gasteiger partial charge in [-0.1, -0.05) is 0 Å². The predicted molar refractivity (Wildman–Crippen MR) is 19.6 cm³/mol. The molecule has 0 atom stereocenters. The van der Waals surface area contributed by atoms with Crippen molar-refractivity contribution in [2.45, 2.75) is 6.18 Å². The molecule has 0 aliphatic heterocycles. The number of halogens is 3. The number of hydrogen-bond donors (Lipinski definition) is 0. The molecule has 0 aromatic carbocycles. The third kappa shape index (κ3) is 5.89. The van der Waals surface area contributed by atoms with Crippen LogP contribution in [0.5, 0.6) is 0 Å². The molecule has 0 aliphatic carbocycles. The number of hydrogen-bond acceptors (Lipinski definition) is 0. The van der Waals surface area contributed by atoms with E-state index in [1.165, 1.54) is 0 Å². The molecule has 3 radical (unpaired) electrons. The van der Waals surface area contributed by atoms with E-state index in [-0.39, 0.29) is 0 Å². The van der Waals surface area contributed by atoms with Crippen molar-refractivity contribution < 1.29 is 13.2 Å². The van der Waals surface area contributed by atoms with Gasteiger partial charge in [0.25, 0.3) is 0 Å². The van der Waals surface area contributed by atoms with Crippen molar-refractivity contribution >= 4 is 16.5 Å². The molecule has 0 fully saturated rings. The van der Waals surface area contributed by atoms with Crippen LogP contribution in [0.2, 0.25) is 0 Å². The molecule has 0 saturated carbocycles. The second-order valence-corrected chi connectivity index (χ2v) is 1.27. The molecule has 7 heavy (non-hydrogen) atoms. The fourth-order valence-corrected chi connectivity index (χ4v) is 0.368. The fourth-order valence-electron chi connectivity index (χ4n) is 0.0709. The Balaban J connectivity index is 3.72. The minimum absolute atomic E-state index is 1.03. The SMILES string of the molecule is FC(F)(F)C#[C][Ge]. The van der Waals surface area contributed by atoms with E-state index in [2.05, 4.69) is 0 Å². The van der Waals surface area contributed by atoms with Gasteiger partial charge in [0.1, 0.15) is 0 Å². The van der Waals surface area contributed by atoms with Gasteiger partial charge in [-0.05, 0) is 0 Å². The van der Waals surface area contributed by atoms with Crippen LogP contribution in [0.25, 0.3) is 0 Å². The molecule has 0 aromatic rings. The first-order valence-corrected chi connectivity index (χ1v) is 2.37. The van der Waals surface area contributed by atoms with E-state index in [4.69, 9.17) is 0 Å². The first-order chi connectivity index (χ1) is 3.06. The molecule has 0 heterocycles. The summed E-state index contributed by atoms with van der Waals surface area (Å²) in [6.07, 6.45) is -4.31. The molecule has 0 N–H and O–H groups in total. The summed E-state index contributed by atoms with van der Waals surface area (Å²) < 4.78 is 34.4. The Morgan fingerprint density at radius 1 is 1.29 bits per heavy atom. The van der Waals surface area contributed by atoms with Crippen LogP contribution in [-0.4, -0.2) is 22.7 Å². The van der Waals surface area contributed by atoms with Crippen molar-refractivity contribution in [3.05, 3.63) is 0 Å². The van der Waals surface area contributed by atoms with Gasteiger partial charge < -0.3 is 0 Å². The van der Waals surface area contributed by atoms with Crippen LogP contribution in [-0.2, 0) is 0 Å². The summed E-state index contributed by atoms with van der Waals surface area (Å²) in [4.78, 5) is 0. The standard InChI is InChI=1S/C3F3Ge/c4-3(5,6)1-2-7. The Labute approximate surface area is 47.3 Å². The first-order valence-electron chi connectivity index (χ1n) is 1.32. The van der Waals surface area contributed by atoms with Gasteiger partial charge in [0.15, 0.2) is 0 Å². The topological polar surface area (TPSA) is 0 Å². The van der Waals surface area contributed by atoms with Crippen molar-refractivity contribution in [1.82, 2.24) is 0 Å². The van der Waals surface area contributed by atoms with Gasteiger partial charge in [-0.25, -0.2) is 0 Å². The van der Waals surface area contributed by atoms with E-state index < -0.39 is 6.18 Å². The van der Waals surface area contributed by atoms with E-state index in [1.54, 1.807) is 4.75 Å². The molecule has 37 valence electrons. The van der Waals surface area contributed by atoms with Gasteiger partial charge in [0.2, 0.25) is 0 Å². The van der Waals surface area contributed by atoms with E-state index >= 15 is 0 Å². The van der Waals surface area contributed by atoms with Gasteiger partial charge in [0.05, 0.1) is 0 Å². The van der Waals surface area contributed by atoms with Crippen molar-refractivity contribution in [1.29, 1.82) is 0 Å². The van der Waals surface area contributed by atoms with Crippen LogP contribution in [0.4, 0.5) is 13.2 Å². The molecule has 0 amide bonds. The van der Waals surface area contributed by atoms with E-state index in [9.17, 15) is 13.2 Å². The molecule has 0 bridgehead atoms. The van der Waals surface area contributed by atoms with Gasteiger partial charge in [-0.15, -0.1) is 0 Å². The van der Waals surface area contributed by atoms with Crippen molar-refractivity contribution in [2.24, 2.45) is 0 Å². The number of rotatable bonds is 0. The Kier molecular flexibility index (Phi) is 2.23. The molecular formula is C3F3Ge. The van der Waals surface area contributed by atoms with E-state index in [0.29, 0.717) is 0 Å². The monoisotopic (exact) mass is 167 g/mol. The second kappa shape index (κ2) is 2.26. The quantitative estimate of drug-likeness (QED) is 0.366. The van der Waals surface area contributed by atoms with Gasteiger partial charge in [-0.3, -0.25) is 0 Å². The zero-order chi connectivity index (χ0) is 5.91. The van der Waals surface area contributed by atoms with Crippen LogP contribution >= 0.6 is 0 Å². The maximum atomic E-state index is 10.9. The summed E-state index contributed by atoms with van der Waals surface area (Å²) in [5, 5.41) is 0. The molecular weight excluding hydrogens is 166 g/mol. The normalized spacial score (nSPS) is 9.71. The maximum absolute atomic E-state index is 10.9. The minimum atomic E-state index is -4.31. The molecule has 0 aromatic heterocycles. The Morgan fingerprint density at radius 3 is 1.71 bits per heavy atom. The van der Waals surface area contributed by atoms with Crippen LogP contribution in [0, 0.1) is 10.7 Å². The van der Waals surface area contributed by atoms with Gasteiger partial charge in [-0.2, -0.15) is 0 Å². The summed E-state index contributed by atoms with van der Waals surface area (Å²) in [6, 6.07) is 0. The third-order valence-corrected chi connectivity index (χ3v) is 0.466. The zero-order valence-electron chi connectivity index (χ0n) is 3.13. The second-order valence-electron chi connectivity index (χ2n) is 0.748. The predicted octanol–water partition coefficient (Wildman–Crippen LogP) is 0.678. The Morgan fingerprint density at radius 2 is 1.71 bits per heavy atom. The molecule has 0 saturated heterocycles. The third-order valence-electron chi connectivity index (χ3n) is 0.204. The molecule has 0 spiro atoms. The van der Waals surface area contributed by atoms with Crippen LogP contribution in [0.1, 0.15) is 0 Å². The van der Waals surface area contributed by atoms with Gasteiger partial charge in [0, 0.05) is 0 Å². The molecule has 0 rings (SSSR count). The molecule has 0 aliphatic rings. The Hall–Kier alpha value is -0.107. The van der Waals surface area contributed by atoms with E-state index in [0.717, 1.165) is 22.4 Å². The summed E-state index contributed by atoms with van der Waals surface area (Å²) in [7, 11) is 0. The summed E-state index contributed by atoms with van der Waals surface area (Å²) in [5.74, 6) is 1.03. The molecule has 0 unspecified atom stereocenters. The molecule has 0 nitrogen and oxygen atoms in total. The first kappa shape index (κ1) is 6.89. The van der Waals surface area contributed by atoms with Gasteiger partial charge >= 0.3 is 46.5 Å². The van der Waals surface area contributed by atoms with Crippen molar-refractivity contribution in [3.63, 3.8) is 0 Å². The summed E-state index contributed by atoms with van der Waals surface area (Å²) >= 11 is 1.15. The average molecular weight is 166 g/mol. The van der Waals surface area contributed by atoms with Crippen LogP contribution in [0.3, 0.4) is 0 Å². The van der Waals surface area contributed by atoms with Crippen molar-refractivity contribution in [2.75, 3.05) is 0 Å². The number of alkyl halides is 3. The average Bonchev–Trinajstić information content (AvgIpc) is 1.30. The summed E-state index contributed by atoms with van der Waals surface area (Å²) in [5.41, 5.74) is 0. The van der Waals surface area contributed by atoms with Crippen molar-refractivity contribution in [3.8, 4) is 10.7 Å². The Bertz CT molecular complexity index is 104. The van der Waals surface area contributed by atoms with Crippen LogP contribution in [0.15, 0.2) is 0 Å². The summed E-state index contributed by atoms with van der Waals surface area (Å²) in [6.45, 7) is 0.